The molecule has 0 atom stereocenters. The van der Waals surface area contributed by atoms with E-state index in [0.29, 0.717) is 10.8 Å². The maximum absolute atomic E-state index is 10.7. The van der Waals surface area contributed by atoms with E-state index in [1.807, 2.05) is 0 Å². The molecule has 0 aliphatic rings. The number of carbonyl (C=O) groups is 1. The van der Waals surface area contributed by atoms with E-state index in [2.05, 4.69) is 4.98 Å². The summed E-state index contributed by atoms with van der Waals surface area (Å²) in [6.45, 7) is 0.254. The Bertz CT molecular complexity index is 535. The molecule has 5 nitrogen and oxygen atoms in total. The molecule has 1 heterocycles. The monoisotopic (exact) mass is 265 g/mol. The summed E-state index contributed by atoms with van der Waals surface area (Å²) in [7, 11) is 1.60. The molecule has 0 fully saturated rings. The average molecular weight is 265 g/mol. The van der Waals surface area contributed by atoms with Crippen LogP contribution in [0.5, 0.6) is 11.5 Å². The second-order valence-electron chi connectivity index (χ2n) is 3.39. The Hall–Kier alpha value is -2.08. The van der Waals surface area contributed by atoms with Crippen LogP contribution in [0.1, 0.15) is 14.7 Å². The topological polar surface area (TPSA) is 68.7 Å². The maximum atomic E-state index is 10.7. The van der Waals surface area contributed by atoms with Gasteiger partial charge in [0.1, 0.15) is 28.0 Å². The third kappa shape index (κ3) is 2.98. The third-order valence-electron chi connectivity index (χ3n) is 2.19. The van der Waals surface area contributed by atoms with Crippen molar-refractivity contribution < 1.29 is 19.4 Å². The zero-order valence-corrected chi connectivity index (χ0v) is 10.4. The Labute approximate surface area is 108 Å². The summed E-state index contributed by atoms with van der Waals surface area (Å²) in [6.07, 6.45) is 1.33. The fraction of sp³-hybridized carbons (Fsp3) is 0.167. The van der Waals surface area contributed by atoms with E-state index in [-0.39, 0.29) is 11.5 Å². The fourth-order valence-electron chi connectivity index (χ4n) is 1.29. The van der Waals surface area contributed by atoms with E-state index in [1.54, 1.807) is 31.4 Å². The molecule has 0 bridgehead atoms. The van der Waals surface area contributed by atoms with Crippen molar-refractivity contribution in [1.82, 2.24) is 4.98 Å². The standard InChI is InChI=1S/C12H11NO4S/c1-16-8-2-4-9(5-3-8)17-7-11-13-6-10(18-11)12(14)15/h2-6H,7H2,1H3,(H,14,15). The Kier molecular flexibility index (Phi) is 3.78. The number of aromatic carboxylic acids is 1. The number of ether oxygens (including phenoxy) is 2. The molecule has 0 aliphatic heterocycles. The zero-order valence-electron chi connectivity index (χ0n) is 9.62. The van der Waals surface area contributed by atoms with Gasteiger partial charge in [0, 0.05) is 0 Å². The first-order chi connectivity index (χ1) is 8.69. The van der Waals surface area contributed by atoms with Crippen LogP contribution in [-0.4, -0.2) is 23.2 Å². The van der Waals surface area contributed by atoms with Gasteiger partial charge in [0.05, 0.1) is 13.3 Å². The molecule has 0 amide bonds. The Balaban J connectivity index is 1.95. The van der Waals surface area contributed by atoms with Crippen molar-refractivity contribution in [3.63, 3.8) is 0 Å². The van der Waals surface area contributed by atoms with Crippen molar-refractivity contribution in [2.24, 2.45) is 0 Å². The van der Waals surface area contributed by atoms with E-state index >= 15 is 0 Å². The van der Waals surface area contributed by atoms with E-state index in [9.17, 15) is 4.79 Å². The predicted octanol–water partition coefficient (Wildman–Crippen LogP) is 2.43. The van der Waals surface area contributed by atoms with Gasteiger partial charge in [0.2, 0.25) is 0 Å². The third-order valence-corrected chi connectivity index (χ3v) is 3.14. The number of carboxylic acid groups (broad SMARTS) is 1. The highest BCUT2D eigenvalue weighted by atomic mass is 32.1. The van der Waals surface area contributed by atoms with Crippen LogP contribution < -0.4 is 9.47 Å². The number of benzene rings is 1. The molecule has 18 heavy (non-hydrogen) atoms. The molecule has 0 spiro atoms. The van der Waals surface area contributed by atoms with Crippen molar-refractivity contribution >= 4 is 17.3 Å². The van der Waals surface area contributed by atoms with Gasteiger partial charge in [0.15, 0.2) is 0 Å². The van der Waals surface area contributed by atoms with Crippen LogP contribution in [0, 0.1) is 0 Å². The van der Waals surface area contributed by atoms with Crippen LogP contribution in [0.15, 0.2) is 30.5 Å². The van der Waals surface area contributed by atoms with Crippen LogP contribution >= 0.6 is 11.3 Å². The SMILES string of the molecule is COc1ccc(OCc2ncc(C(=O)O)s2)cc1. The van der Waals surface area contributed by atoms with Crippen LogP contribution in [-0.2, 0) is 6.61 Å². The Morgan fingerprint density at radius 3 is 2.56 bits per heavy atom. The molecular weight excluding hydrogens is 254 g/mol. The van der Waals surface area contributed by atoms with Crippen molar-refractivity contribution in [3.05, 3.63) is 40.3 Å². The maximum Gasteiger partial charge on any atom is 0.347 e. The van der Waals surface area contributed by atoms with Crippen molar-refractivity contribution in [3.8, 4) is 11.5 Å². The molecule has 1 N–H and O–H groups in total. The van der Waals surface area contributed by atoms with E-state index < -0.39 is 5.97 Å². The molecule has 2 rings (SSSR count). The summed E-state index contributed by atoms with van der Waals surface area (Å²) in [5.74, 6) is 0.468. The fourth-order valence-corrected chi connectivity index (χ4v) is 1.96. The van der Waals surface area contributed by atoms with Crippen molar-refractivity contribution in [2.75, 3.05) is 7.11 Å². The van der Waals surface area contributed by atoms with Crippen LogP contribution in [0.4, 0.5) is 0 Å². The summed E-state index contributed by atoms with van der Waals surface area (Å²) >= 11 is 1.11. The minimum absolute atomic E-state index is 0.211. The molecule has 0 saturated heterocycles. The summed E-state index contributed by atoms with van der Waals surface area (Å²) in [5.41, 5.74) is 0. The minimum atomic E-state index is -0.969. The first kappa shape index (κ1) is 12.4. The van der Waals surface area contributed by atoms with Gasteiger partial charge in [-0.05, 0) is 24.3 Å². The zero-order chi connectivity index (χ0) is 13.0. The lowest BCUT2D eigenvalue weighted by atomic mass is 10.3. The number of methoxy groups -OCH3 is 1. The average Bonchev–Trinajstić information content (AvgIpc) is 2.86. The van der Waals surface area contributed by atoms with Crippen LogP contribution in [0.25, 0.3) is 0 Å². The number of nitrogens with zero attached hydrogens (tertiary/aromatic N) is 1. The lowest BCUT2D eigenvalue weighted by molar-refractivity contribution is 0.0702. The highest BCUT2D eigenvalue weighted by Crippen LogP contribution is 2.19. The molecule has 1 aromatic heterocycles. The van der Waals surface area contributed by atoms with Gasteiger partial charge < -0.3 is 14.6 Å². The molecule has 94 valence electrons. The molecule has 0 radical (unpaired) electrons. The van der Waals surface area contributed by atoms with E-state index in [0.717, 1.165) is 17.1 Å². The number of carboxylic acids is 1. The quantitative estimate of drug-likeness (QED) is 0.899. The second-order valence-corrected chi connectivity index (χ2v) is 4.50. The highest BCUT2D eigenvalue weighted by Gasteiger charge is 2.08. The number of rotatable bonds is 5. The molecule has 1 aromatic carbocycles. The summed E-state index contributed by atoms with van der Waals surface area (Å²) in [5, 5.41) is 9.38. The van der Waals surface area contributed by atoms with Crippen LogP contribution in [0.2, 0.25) is 0 Å². The summed E-state index contributed by atoms with van der Waals surface area (Å²) in [6, 6.07) is 7.15. The number of hydrogen-bond donors (Lipinski definition) is 1. The molecule has 6 heteroatoms. The van der Waals surface area contributed by atoms with Crippen molar-refractivity contribution in [2.45, 2.75) is 6.61 Å². The first-order valence-electron chi connectivity index (χ1n) is 5.14. The molecule has 0 unspecified atom stereocenters. The highest BCUT2D eigenvalue weighted by molar-refractivity contribution is 7.13. The lowest BCUT2D eigenvalue weighted by Gasteiger charge is -2.04. The van der Waals surface area contributed by atoms with Gasteiger partial charge in [-0.2, -0.15) is 0 Å². The number of aromatic nitrogens is 1. The molecule has 0 saturated carbocycles. The number of thiazole rings is 1. The summed E-state index contributed by atoms with van der Waals surface area (Å²) in [4.78, 5) is 14.9. The predicted molar refractivity (Wildman–Crippen MR) is 66.4 cm³/mol. The van der Waals surface area contributed by atoms with E-state index in [4.69, 9.17) is 14.6 Å². The van der Waals surface area contributed by atoms with Gasteiger partial charge in [-0.3, -0.25) is 0 Å². The van der Waals surface area contributed by atoms with Crippen molar-refractivity contribution in [1.29, 1.82) is 0 Å². The smallest absolute Gasteiger partial charge is 0.347 e. The van der Waals surface area contributed by atoms with Gasteiger partial charge in [-0.1, -0.05) is 0 Å². The largest absolute Gasteiger partial charge is 0.497 e. The Morgan fingerprint density at radius 2 is 2.00 bits per heavy atom. The van der Waals surface area contributed by atoms with E-state index in [1.165, 1.54) is 6.20 Å². The van der Waals surface area contributed by atoms with Gasteiger partial charge in [0.25, 0.3) is 0 Å². The van der Waals surface area contributed by atoms with Gasteiger partial charge in [-0.15, -0.1) is 11.3 Å². The lowest BCUT2D eigenvalue weighted by Crippen LogP contribution is -1.94. The normalized spacial score (nSPS) is 10.1. The summed E-state index contributed by atoms with van der Waals surface area (Å²) < 4.78 is 10.5. The minimum Gasteiger partial charge on any atom is -0.497 e. The molecule has 0 aliphatic carbocycles. The van der Waals surface area contributed by atoms with Gasteiger partial charge >= 0.3 is 5.97 Å². The first-order valence-corrected chi connectivity index (χ1v) is 5.95. The Morgan fingerprint density at radius 1 is 1.33 bits per heavy atom. The molecular formula is C12H11NO4S. The number of hydrogen-bond acceptors (Lipinski definition) is 5. The second kappa shape index (κ2) is 5.50. The molecule has 2 aromatic rings. The van der Waals surface area contributed by atoms with Crippen LogP contribution in [0.3, 0.4) is 0 Å². The van der Waals surface area contributed by atoms with Gasteiger partial charge in [-0.25, -0.2) is 9.78 Å².